The van der Waals surface area contributed by atoms with E-state index in [0.717, 1.165) is 48.6 Å². The molecule has 0 bridgehead atoms. The predicted molar refractivity (Wildman–Crippen MR) is 124 cm³/mol. The fourth-order valence-corrected chi connectivity index (χ4v) is 3.99. The zero-order valence-corrected chi connectivity index (χ0v) is 19.1. The summed E-state index contributed by atoms with van der Waals surface area (Å²) in [4.78, 5) is 19.5. The maximum Gasteiger partial charge on any atom is 0.241 e. The van der Waals surface area contributed by atoms with Gasteiger partial charge >= 0.3 is 0 Å². The van der Waals surface area contributed by atoms with Crippen molar-refractivity contribution < 1.29 is 18.8 Å². The van der Waals surface area contributed by atoms with Crippen LogP contribution in [0, 0.1) is 5.92 Å². The average Bonchev–Trinajstić information content (AvgIpc) is 3.32. The average molecular weight is 451 g/mol. The minimum atomic E-state index is 0.0121. The number of likely N-dealkylation sites (tertiary alicyclic amines) is 1. The second kappa shape index (κ2) is 11.0. The number of benzene rings is 2. The van der Waals surface area contributed by atoms with E-state index < -0.39 is 0 Å². The third kappa shape index (κ3) is 5.90. The number of nitrogens with one attached hydrogen (secondary N) is 1. The molecule has 33 heavy (non-hydrogen) atoms. The Bertz CT molecular complexity index is 1040. The Hall–Kier alpha value is -3.39. The first-order valence-corrected chi connectivity index (χ1v) is 11.3. The summed E-state index contributed by atoms with van der Waals surface area (Å²) in [5, 5.41) is 7.17. The minimum Gasteiger partial charge on any atom is -0.497 e. The zero-order valence-electron chi connectivity index (χ0n) is 19.1. The highest BCUT2D eigenvalue weighted by molar-refractivity contribution is 5.78. The van der Waals surface area contributed by atoms with E-state index in [4.69, 9.17) is 14.0 Å². The van der Waals surface area contributed by atoms with Crippen molar-refractivity contribution in [3.63, 3.8) is 0 Å². The largest absolute Gasteiger partial charge is 0.497 e. The molecule has 0 radical (unpaired) electrons. The molecular weight excluding hydrogens is 420 g/mol. The number of carbonyl (C=O) groups is 1. The highest BCUT2D eigenvalue weighted by Crippen LogP contribution is 2.23. The standard InChI is InChI=1S/C25H30N4O4/c1-3-32-22-7-5-4-6-20(22)16-26-25(30)19-12-14-29(15-13-19)17-23-27-24(28-33-23)18-8-10-21(31-2)11-9-18/h4-11,19H,3,12-17H2,1-2H3,(H,26,30). The lowest BCUT2D eigenvalue weighted by Crippen LogP contribution is -2.40. The number of hydrogen-bond donors (Lipinski definition) is 1. The van der Waals surface area contributed by atoms with E-state index >= 15 is 0 Å². The molecule has 0 atom stereocenters. The van der Waals surface area contributed by atoms with Gasteiger partial charge in [-0.1, -0.05) is 23.4 Å². The van der Waals surface area contributed by atoms with Gasteiger partial charge in [0.1, 0.15) is 11.5 Å². The van der Waals surface area contributed by atoms with Crippen molar-refractivity contribution in [1.29, 1.82) is 0 Å². The van der Waals surface area contributed by atoms with Crippen molar-refractivity contribution in [2.45, 2.75) is 32.9 Å². The molecule has 1 aliphatic heterocycles. The van der Waals surface area contributed by atoms with E-state index in [0.29, 0.717) is 31.4 Å². The summed E-state index contributed by atoms with van der Waals surface area (Å²) in [6.45, 7) is 5.24. The van der Waals surface area contributed by atoms with E-state index in [1.165, 1.54) is 0 Å². The number of piperidine rings is 1. The molecule has 174 valence electrons. The summed E-state index contributed by atoms with van der Waals surface area (Å²) in [5.74, 6) is 2.86. The first kappa shape index (κ1) is 22.8. The van der Waals surface area contributed by atoms with Gasteiger partial charge in [-0.05, 0) is 63.2 Å². The fourth-order valence-electron chi connectivity index (χ4n) is 3.99. The molecule has 2 heterocycles. The highest BCUT2D eigenvalue weighted by Gasteiger charge is 2.26. The number of amides is 1. The highest BCUT2D eigenvalue weighted by atomic mass is 16.5. The molecule has 1 aliphatic rings. The van der Waals surface area contributed by atoms with Crippen molar-refractivity contribution in [3.8, 4) is 22.9 Å². The van der Waals surface area contributed by atoms with Gasteiger partial charge in [-0.15, -0.1) is 0 Å². The van der Waals surface area contributed by atoms with Crippen molar-refractivity contribution in [3.05, 3.63) is 60.0 Å². The van der Waals surface area contributed by atoms with Gasteiger partial charge in [0.2, 0.25) is 17.6 Å². The lowest BCUT2D eigenvalue weighted by atomic mass is 9.96. The van der Waals surface area contributed by atoms with E-state index in [1.807, 2.05) is 55.5 Å². The first-order chi connectivity index (χ1) is 16.2. The summed E-state index contributed by atoms with van der Waals surface area (Å²) < 4.78 is 16.3. The third-order valence-corrected chi connectivity index (χ3v) is 5.86. The molecule has 3 aromatic rings. The molecule has 0 aliphatic carbocycles. The van der Waals surface area contributed by atoms with Gasteiger partial charge in [-0.3, -0.25) is 9.69 Å². The van der Waals surface area contributed by atoms with Crippen LogP contribution in [-0.4, -0.2) is 47.8 Å². The topological polar surface area (TPSA) is 89.7 Å². The maximum atomic E-state index is 12.7. The number of hydrogen-bond acceptors (Lipinski definition) is 7. The molecule has 8 nitrogen and oxygen atoms in total. The Balaban J connectivity index is 1.24. The Labute approximate surface area is 193 Å². The number of nitrogens with zero attached hydrogens (tertiary/aromatic N) is 3. The molecule has 0 spiro atoms. The van der Waals surface area contributed by atoms with Crippen molar-refractivity contribution in [2.75, 3.05) is 26.8 Å². The van der Waals surface area contributed by atoms with Gasteiger partial charge in [0.15, 0.2) is 0 Å². The second-order valence-corrected chi connectivity index (χ2v) is 8.05. The van der Waals surface area contributed by atoms with Crippen LogP contribution in [0.3, 0.4) is 0 Å². The molecular formula is C25H30N4O4. The number of carbonyl (C=O) groups excluding carboxylic acids is 1. The first-order valence-electron chi connectivity index (χ1n) is 11.3. The maximum absolute atomic E-state index is 12.7. The second-order valence-electron chi connectivity index (χ2n) is 8.05. The minimum absolute atomic E-state index is 0.0121. The summed E-state index contributed by atoms with van der Waals surface area (Å²) in [6.07, 6.45) is 1.61. The quantitative estimate of drug-likeness (QED) is 0.532. The molecule has 0 saturated carbocycles. The van der Waals surface area contributed by atoms with Crippen molar-refractivity contribution in [1.82, 2.24) is 20.4 Å². The van der Waals surface area contributed by atoms with Crippen LogP contribution in [0.4, 0.5) is 0 Å². The van der Waals surface area contributed by atoms with Gasteiger partial charge in [0.25, 0.3) is 0 Å². The monoisotopic (exact) mass is 450 g/mol. The van der Waals surface area contributed by atoms with Gasteiger partial charge in [0, 0.05) is 23.6 Å². The smallest absolute Gasteiger partial charge is 0.241 e. The molecule has 1 N–H and O–H groups in total. The van der Waals surface area contributed by atoms with E-state index in [1.54, 1.807) is 7.11 Å². The van der Waals surface area contributed by atoms with E-state index in [-0.39, 0.29) is 11.8 Å². The summed E-state index contributed by atoms with van der Waals surface area (Å²) in [7, 11) is 1.63. The number of rotatable bonds is 9. The number of aromatic nitrogens is 2. The molecule has 4 rings (SSSR count). The fraction of sp³-hybridized carbons (Fsp3) is 0.400. The van der Waals surface area contributed by atoms with Crippen LogP contribution in [0.1, 0.15) is 31.2 Å². The predicted octanol–water partition coefficient (Wildman–Crippen LogP) is 3.67. The van der Waals surface area contributed by atoms with E-state index in [2.05, 4.69) is 20.4 Å². The lowest BCUT2D eigenvalue weighted by molar-refractivity contribution is -0.126. The van der Waals surface area contributed by atoms with Crippen LogP contribution < -0.4 is 14.8 Å². The van der Waals surface area contributed by atoms with Crippen LogP contribution in [0.25, 0.3) is 11.4 Å². The molecule has 8 heteroatoms. The summed E-state index contributed by atoms with van der Waals surface area (Å²) >= 11 is 0. The number of ether oxygens (including phenoxy) is 2. The summed E-state index contributed by atoms with van der Waals surface area (Å²) in [6, 6.07) is 15.4. The van der Waals surface area contributed by atoms with Crippen molar-refractivity contribution in [2.24, 2.45) is 5.92 Å². The van der Waals surface area contributed by atoms with Crippen LogP contribution in [0.5, 0.6) is 11.5 Å². The van der Waals surface area contributed by atoms with Crippen molar-refractivity contribution >= 4 is 5.91 Å². The molecule has 1 fully saturated rings. The molecule has 1 saturated heterocycles. The Morgan fingerprint density at radius 1 is 1.15 bits per heavy atom. The van der Waals surface area contributed by atoms with Gasteiger partial charge in [-0.2, -0.15) is 4.98 Å². The van der Waals surface area contributed by atoms with Crippen LogP contribution >= 0.6 is 0 Å². The Morgan fingerprint density at radius 2 is 1.91 bits per heavy atom. The SMILES string of the molecule is CCOc1ccccc1CNC(=O)C1CCN(Cc2nc(-c3ccc(OC)cc3)no2)CC1. The molecule has 1 aromatic heterocycles. The van der Waals surface area contributed by atoms with Gasteiger partial charge in [-0.25, -0.2) is 0 Å². The molecule has 1 amide bonds. The molecule has 0 unspecified atom stereocenters. The van der Waals surface area contributed by atoms with Gasteiger partial charge < -0.3 is 19.3 Å². The van der Waals surface area contributed by atoms with Crippen LogP contribution in [0.2, 0.25) is 0 Å². The third-order valence-electron chi connectivity index (χ3n) is 5.86. The Morgan fingerprint density at radius 3 is 2.64 bits per heavy atom. The lowest BCUT2D eigenvalue weighted by Gasteiger charge is -2.30. The van der Waals surface area contributed by atoms with Crippen LogP contribution in [0.15, 0.2) is 53.1 Å². The van der Waals surface area contributed by atoms with Crippen LogP contribution in [-0.2, 0) is 17.9 Å². The Kier molecular flexibility index (Phi) is 7.57. The molecule has 2 aromatic carbocycles. The number of para-hydroxylation sites is 1. The summed E-state index contributed by atoms with van der Waals surface area (Å²) in [5.41, 5.74) is 1.88. The normalized spacial score (nSPS) is 14.7. The zero-order chi connectivity index (χ0) is 23.0. The van der Waals surface area contributed by atoms with Gasteiger partial charge in [0.05, 0.1) is 20.3 Å². The van der Waals surface area contributed by atoms with E-state index in [9.17, 15) is 4.79 Å². The number of methoxy groups -OCH3 is 1.